The molecule has 0 bridgehead atoms. The third-order valence-corrected chi connectivity index (χ3v) is 3.65. The topological polar surface area (TPSA) is 59.3 Å². The minimum Gasteiger partial charge on any atom is -0.451 e. The van der Waals surface area contributed by atoms with Gasteiger partial charge >= 0.3 is 6.18 Å². The summed E-state index contributed by atoms with van der Waals surface area (Å²) in [5.74, 6) is -1.74. The van der Waals surface area contributed by atoms with Gasteiger partial charge in [0.25, 0.3) is 5.91 Å². The van der Waals surface area contributed by atoms with Crippen LogP contribution in [0.25, 0.3) is 11.0 Å². The maximum absolute atomic E-state index is 12.7. The van der Waals surface area contributed by atoms with Crippen LogP contribution in [0.3, 0.4) is 0 Å². The van der Waals surface area contributed by atoms with Crippen molar-refractivity contribution < 1.29 is 22.4 Å². The molecule has 3 aromatic rings. The second kappa shape index (κ2) is 6.08. The molecule has 25 heavy (non-hydrogen) atoms. The molecule has 0 aliphatic carbocycles. The van der Waals surface area contributed by atoms with E-state index >= 15 is 0 Å². The molecule has 3 rings (SSSR count). The molecule has 0 aliphatic rings. The maximum Gasteiger partial charge on any atom is 0.449 e. The summed E-state index contributed by atoms with van der Waals surface area (Å²) in [7, 11) is 0. The molecule has 1 amide bonds. The molecule has 0 fully saturated rings. The molecule has 1 heterocycles. The van der Waals surface area contributed by atoms with Gasteiger partial charge in [-0.2, -0.15) is 13.2 Å². The van der Waals surface area contributed by atoms with Crippen LogP contribution in [0.5, 0.6) is 0 Å². The van der Waals surface area contributed by atoms with Crippen LogP contribution >= 0.6 is 0 Å². The molecule has 0 atom stereocenters. The Labute approximate surface area is 139 Å². The highest BCUT2D eigenvalue weighted by Gasteiger charge is 2.34. The van der Waals surface area contributed by atoms with Crippen LogP contribution in [0.15, 0.2) is 57.7 Å². The van der Waals surface area contributed by atoms with E-state index in [0.717, 1.165) is 5.56 Å². The zero-order chi connectivity index (χ0) is 18.2. The lowest BCUT2D eigenvalue weighted by Crippen LogP contribution is -2.14. The molecule has 0 saturated carbocycles. The van der Waals surface area contributed by atoms with Crippen LogP contribution in [0, 0.1) is 6.92 Å². The van der Waals surface area contributed by atoms with Crippen molar-refractivity contribution in [1.29, 1.82) is 0 Å². The summed E-state index contributed by atoms with van der Waals surface area (Å²) in [6, 6.07) is 11.2. The SMILES string of the molecule is Cc1ccccc1C(=O)Nc1ccc2oc(C(F)(F)F)cc(=O)c2c1. The smallest absolute Gasteiger partial charge is 0.449 e. The fourth-order valence-corrected chi connectivity index (χ4v) is 2.40. The van der Waals surface area contributed by atoms with Gasteiger partial charge in [-0.3, -0.25) is 9.59 Å². The lowest BCUT2D eigenvalue weighted by Gasteiger charge is -2.09. The first-order chi connectivity index (χ1) is 11.8. The minimum absolute atomic E-state index is 0.0458. The van der Waals surface area contributed by atoms with E-state index in [0.29, 0.717) is 11.6 Å². The quantitative estimate of drug-likeness (QED) is 0.749. The van der Waals surface area contributed by atoms with Gasteiger partial charge in [0.2, 0.25) is 5.76 Å². The molecular weight excluding hydrogens is 335 g/mol. The van der Waals surface area contributed by atoms with Gasteiger partial charge in [0, 0.05) is 17.3 Å². The average molecular weight is 347 g/mol. The molecule has 0 saturated heterocycles. The van der Waals surface area contributed by atoms with Crippen molar-refractivity contribution in [3.05, 3.63) is 75.6 Å². The number of halogens is 3. The largest absolute Gasteiger partial charge is 0.451 e. The third-order valence-electron chi connectivity index (χ3n) is 3.65. The Bertz CT molecular complexity index is 1020. The fraction of sp³-hybridized carbons (Fsp3) is 0.111. The minimum atomic E-state index is -4.74. The number of anilines is 1. The zero-order valence-corrected chi connectivity index (χ0v) is 13.0. The molecule has 128 valence electrons. The number of fused-ring (bicyclic) bond motifs is 1. The Hall–Kier alpha value is -3.09. The summed E-state index contributed by atoms with van der Waals surface area (Å²) in [4.78, 5) is 24.2. The predicted octanol–water partition coefficient (Wildman–Crippen LogP) is 4.37. The fourth-order valence-electron chi connectivity index (χ4n) is 2.40. The molecule has 1 aromatic heterocycles. The van der Waals surface area contributed by atoms with Gasteiger partial charge in [-0.15, -0.1) is 0 Å². The number of hydrogen-bond donors (Lipinski definition) is 1. The van der Waals surface area contributed by atoms with E-state index in [9.17, 15) is 22.8 Å². The first-order valence-corrected chi connectivity index (χ1v) is 7.28. The Kier molecular flexibility index (Phi) is 4.08. The summed E-state index contributed by atoms with van der Waals surface area (Å²) in [6.45, 7) is 1.78. The highest BCUT2D eigenvalue weighted by atomic mass is 19.4. The summed E-state index contributed by atoms with van der Waals surface area (Å²) >= 11 is 0. The number of rotatable bonds is 2. The summed E-state index contributed by atoms with van der Waals surface area (Å²) < 4.78 is 42.8. The van der Waals surface area contributed by atoms with Gasteiger partial charge in [0.1, 0.15) is 5.58 Å². The van der Waals surface area contributed by atoms with Crippen LogP contribution in [0.2, 0.25) is 0 Å². The van der Waals surface area contributed by atoms with Crippen LogP contribution in [-0.4, -0.2) is 5.91 Å². The summed E-state index contributed by atoms with van der Waals surface area (Å²) in [6.07, 6.45) is -4.74. The lowest BCUT2D eigenvalue weighted by atomic mass is 10.1. The van der Waals surface area contributed by atoms with Crippen LogP contribution in [0.1, 0.15) is 21.7 Å². The van der Waals surface area contributed by atoms with Gasteiger partial charge in [0.15, 0.2) is 5.43 Å². The number of alkyl halides is 3. The van der Waals surface area contributed by atoms with Crippen molar-refractivity contribution in [3.8, 4) is 0 Å². The number of amides is 1. The average Bonchev–Trinajstić information content (AvgIpc) is 2.54. The lowest BCUT2D eigenvalue weighted by molar-refractivity contribution is -0.152. The van der Waals surface area contributed by atoms with Crippen molar-refractivity contribution in [2.24, 2.45) is 0 Å². The van der Waals surface area contributed by atoms with E-state index in [2.05, 4.69) is 5.32 Å². The number of nitrogens with one attached hydrogen (secondary N) is 1. The summed E-state index contributed by atoms with van der Waals surface area (Å²) in [5.41, 5.74) is 0.485. The Balaban J connectivity index is 1.97. The second-order valence-corrected chi connectivity index (χ2v) is 5.45. The molecule has 0 aliphatic heterocycles. The van der Waals surface area contributed by atoms with Gasteiger partial charge in [-0.25, -0.2) is 0 Å². The third kappa shape index (κ3) is 3.40. The van der Waals surface area contributed by atoms with E-state index < -0.39 is 17.4 Å². The molecule has 7 heteroatoms. The number of carbonyl (C=O) groups excluding carboxylic acids is 1. The van der Waals surface area contributed by atoms with Crippen molar-refractivity contribution in [2.45, 2.75) is 13.1 Å². The Morgan fingerprint density at radius 3 is 2.48 bits per heavy atom. The van der Waals surface area contributed by atoms with E-state index in [4.69, 9.17) is 4.42 Å². The van der Waals surface area contributed by atoms with Crippen LogP contribution in [-0.2, 0) is 6.18 Å². The highest BCUT2D eigenvalue weighted by Crippen LogP contribution is 2.30. The number of benzene rings is 2. The molecule has 4 nitrogen and oxygen atoms in total. The van der Waals surface area contributed by atoms with Gasteiger partial charge in [-0.1, -0.05) is 18.2 Å². The van der Waals surface area contributed by atoms with Crippen molar-refractivity contribution in [2.75, 3.05) is 5.32 Å². The van der Waals surface area contributed by atoms with Gasteiger partial charge in [-0.05, 0) is 36.8 Å². The van der Waals surface area contributed by atoms with E-state index in [1.54, 1.807) is 31.2 Å². The molecule has 0 spiro atoms. The normalized spacial score (nSPS) is 11.5. The standard InChI is InChI=1S/C18H12F3NO3/c1-10-4-2-3-5-12(10)17(24)22-11-6-7-15-13(8-11)14(23)9-16(25-15)18(19,20)21/h2-9H,1H3,(H,22,24). The molecule has 2 aromatic carbocycles. The maximum atomic E-state index is 12.7. The highest BCUT2D eigenvalue weighted by molar-refractivity contribution is 6.05. The molecular formula is C18H12F3NO3. The molecule has 0 unspecified atom stereocenters. The Morgan fingerprint density at radius 2 is 1.80 bits per heavy atom. The van der Waals surface area contributed by atoms with Crippen molar-refractivity contribution in [3.63, 3.8) is 0 Å². The number of carbonyl (C=O) groups is 1. The van der Waals surface area contributed by atoms with Crippen molar-refractivity contribution in [1.82, 2.24) is 0 Å². The Morgan fingerprint density at radius 1 is 1.08 bits per heavy atom. The first-order valence-electron chi connectivity index (χ1n) is 7.28. The van der Waals surface area contributed by atoms with Crippen LogP contribution in [0.4, 0.5) is 18.9 Å². The zero-order valence-electron chi connectivity index (χ0n) is 13.0. The van der Waals surface area contributed by atoms with Crippen molar-refractivity contribution >= 4 is 22.6 Å². The predicted molar refractivity (Wildman–Crippen MR) is 86.6 cm³/mol. The summed E-state index contributed by atoms with van der Waals surface area (Å²) in [5, 5.41) is 2.58. The van der Waals surface area contributed by atoms with E-state index in [1.807, 2.05) is 0 Å². The first kappa shape index (κ1) is 16.8. The monoisotopic (exact) mass is 347 g/mol. The van der Waals surface area contributed by atoms with E-state index in [-0.39, 0.29) is 22.6 Å². The van der Waals surface area contributed by atoms with E-state index in [1.165, 1.54) is 18.2 Å². The molecule has 0 radical (unpaired) electrons. The molecule has 1 N–H and O–H groups in total. The number of aryl methyl sites for hydroxylation is 1. The van der Waals surface area contributed by atoms with Gasteiger partial charge in [0.05, 0.1) is 5.39 Å². The number of hydrogen-bond acceptors (Lipinski definition) is 3. The van der Waals surface area contributed by atoms with Crippen LogP contribution < -0.4 is 10.7 Å². The second-order valence-electron chi connectivity index (χ2n) is 5.45. The van der Waals surface area contributed by atoms with Gasteiger partial charge < -0.3 is 9.73 Å².